The fourth-order valence-corrected chi connectivity index (χ4v) is 14.0. The van der Waals surface area contributed by atoms with E-state index in [4.69, 9.17) is 51.5 Å². The van der Waals surface area contributed by atoms with Crippen molar-refractivity contribution in [1.82, 2.24) is 0 Å². The number of rotatable bonds is 9. The summed E-state index contributed by atoms with van der Waals surface area (Å²) in [7, 11) is -2.34. The Kier molecular flexibility index (Phi) is 16.8. The quantitative estimate of drug-likeness (QED) is 0.0639. The third-order valence-corrected chi connectivity index (χ3v) is 16.8. The molecule has 0 bridgehead atoms. The highest BCUT2D eigenvalue weighted by atomic mass is 32.1. The van der Waals surface area contributed by atoms with Crippen molar-refractivity contribution in [3.8, 4) is 67.9 Å². The normalized spacial score (nSPS) is 12.9. The van der Waals surface area contributed by atoms with Gasteiger partial charge in [0, 0.05) is 31.4 Å². The molecule has 6 nitrogen and oxygen atoms in total. The van der Waals surface area contributed by atoms with Gasteiger partial charge in [-0.3, -0.25) is 0 Å². The lowest BCUT2D eigenvalue weighted by atomic mass is 9.80. The molecule has 0 heterocycles. The first-order valence-corrected chi connectivity index (χ1v) is 28.9. The maximum Gasteiger partial charge on any atom is 0.530 e. The minimum Gasteiger partial charge on any atom is -0.508 e. The maximum absolute atomic E-state index is 11.2. The minimum absolute atomic E-state index is 0.272. The predicted octanol–water partition coefficient (Wildman–Crippen LogP) is 20.1. The van der Waals surface area contributed by atoms with Gasteiger partial charge in [0.25, 0.3) is 0 Å². The molecular weight excluding hydrogens is 1020 g/mol. The predicted molar refractivity (Wildman–Crippen MR) is 332 cm³/mol. The van der Waals surface area contributed by atoms with E-state index in [1.54, 1.807) is 0 Å². The number of benzene rings is 6. The van der Waals surface area contributed by atoms with Gasteiger partial charge in [0.15, 0.2) is 0 Å². The van der Waals surface area contributed by atoms with Crippen molar-refractivity contribution in [1.29, 1.82) is 0 Å². The lowest BCUT2D eigenvalue weighted by Gasteiger charge is -2.32. The monoisotopic (exact) mass is 1100 g/mol. The molecule has 0 fully saturated rings. The van der Waals surface area contributed by atoms with Crippen LogP contribution in [0.15, 0.2) is 69.3 Å². The van der Waals surface area contributed by atoms with Gasteiger partial charge in [-0.15, -0.1) is 37.9 Å². The fourth-order valence-electron chi connectivity index (χ4n) is 10.7. The topological polar surface area (TPSA) is 88.4 Å². The second kappa shape index (κ2) is 21.0. The van der Waals surface area contributed by atoms with Crippen molar-refractivity contribution in [2.75, 3.05) is 0 Å². The van der Waals surface area contributed by atoms with Crippen LogP contribution < -0.4 is 13.6 Å². The van der Waals surface area contributed by atoms with Gasteiger partial charge in [-0.25, -0.2) is 0 Å². The average molecular weight is 1100 g/mol. The van der Waals surface area contributed by atoms with Crippen LogP contribution in [0.25, 0.3) is 33.4 Å². The van der Waals surface area contributed by atoms with E-state index in [2.05, 4.69) is 182 Å². The molecule has 0 radical (unpaired) electrons. The molecule has 0 aromatic heterocycles. The molecule has 6 rings (SSSR count). The van der Waals surface area contributed by atoms with E-state index in [1.807, 2.05) is 39.0 Å². The zero-order valence-corrected chi connectivity index (χ0v) is 53.6. The summed E-state index contributed by atoms with van der Waals surface area (Å²) in [6.45, 7) is 50.8. The van der Waals surface area contributed by atoms with E-state index < -0.39 is 24.8 Å². The van der Waals surface area contributed by atoms with Crippen LogP contribution in [0.4, 0.5) is 0 Å². The molecule has 76 heavy (non-hydrogen) atoms. The lowest BCUT2D eigenvalue weighted by molar-refractivity contribution is 0.369. The molecule has 0 aliphatic heterocycles. The van der Waals surface area contributed by atoms with Gasteiger partial charge >= 0.3 is 8.60 Å². The second-order valence-electron chi connectivity index (χ2n) is 27.4. The maximum atomic E-state index is 11.2. The Labute approximate surface area is 475 Å². The first kappa shape index (κ1) is 60.8. The minimum atomic E-state index is -2.34. The highest BCUT2D eigenvalue weighted by Gasteiger charge is 2.37. The summed E-state index contributed by atoms with van der Waals surface area (Å²) in [5.41, 5.74) is 14.4. The standard InChI is InChI=1S/C66H87O6PS3/c1-34-25-46(67)43(61(7,8)9)31-40(34)52-37(4)28-49(55(58(52)74)64(16,17)18)70-73(71-50-29-38(5)53(59(75)56(50)65(19,20)21)41-32-44(62(10,11)12)47(68)26-35(41)2)72-51-30-39(6)54(60(76)57(51)66(22,23)24)42-33-45(63(13,14)15)48(69)27-36(42)3/h25-33,67-69,74-76H,1-24H3. The van der Waals surface area contributed by atoms with Gasteiger partial charge in [-0.1, -0.05) is 125 Å². The Bertz CT molecular complexity index is 2910. The van der Waals surface area contributed by atoms with Crippen molar-refractivity contribution < 1.29 is 28.9 Å². The highest BCUT2D eigenvalue weighted by molar-refractivity contribution is 7.81. The van der Waals surface area contributed by atoms with Gasteiger partial charge in [-0.05, 0) is 212 Å². The Hall–Kier alpha value is -4.40. The molecule has 0 saturated carbocycles. The molecular formula is C66H87O6PS3. The Morgan fingerprint density at radius 3 is 0.711 bits per heavy atom. The Morgan fingerprint density at radius 1 is 0.316 bits per heavy atom. The van der Waals surface area contributed by atoms with Gasteiger partial charge < -0.3 is 28.9 Å². The Morgan fingerprint density at radius 2 is 0.526 bits per heavy atom. The van der Waals surface area contributed by atoms with Crippen molar-refractivity contribution >= 4 is 46.5 Å². The third-order valence-electron chi connectivity index (χ3n) is 14.4. The molecule has 0 atom stereocenters. The third kappa shape index (κ3) is 12.2. The number of aryl methyl sites for hydroxylation is 6. The van der Waals surface area contributed by atoms with E-state index in [-0.39, 0.29) is 33.5 Å². The van der Waals surface area contributed by atoms with Crippen LogP contribution in [0, 0.1) is 41.5 Å². The number of phenolic OH excluding ortho intramolecular Hbond substituents is 3. The van der Waals surface area contributed by atoms with Crippen molar-refractivity contribution in [3.63, 3.8) is 0 Å². The van der Waals surface area contributed by atoms with Gasteiger partial charge in [0.05, 0.1) is 0 Å². The van der Waals surface area contributed by atoms with Crippen LogP contribution in [0.1, 0.15) is 191 Å². The summed E-state index contributed by atoms with van der Waals surface area (Å²) in [4.78, 5) is 2.31. The number of hydrogen-bond acceptors (Lipinski definition) is 9. The molecule has 0 aliphatic carbocycles. The van der Waals surface area contributed by atoms with Gasteiger partial charge in [-0.2, -0.15) is 0 Å². The lowest BCUT2D eigenvalue weighted by Crippen LogP contribution is -2.19. The molecule has 0 saturated heterocycles. The zero-order chi connectivity index (χ0) is 57.7. The SMILES string of the molecule is Cc1cc(O)c(C(C)(C)C)cc1-c1c(C)cc(OP(Oc2cc(C)c(-c3cc(C(C)(C)C)c(O)cc3C)c(S)c2C(C)(C)C)Oc2cc(C)c(-c3cc(C(C)(C)C)c(O)cc3C)c(S)c2C(C)(C)C)c(C(C)(C)C)c1S. The molecule has 0 unspecified atom stereocenters. The van der Waals surface area contributed by atoms with E-state index in [1.165, 1.54) is 0 Å². The van der Waals surface area contributed by atoms with Gasteiger partial charge in [0.1, 0.15) is 34.5 Å². The zero-order valence-electron chi connectivity index (χ0n) is 50.1. The average Bonchev–Trinajstić information content (AvgIpc) is 3.19. The number of phenols is 3. The van der Waals surface area contributed by atoms with Crippen LogP contribution in [0.3, 0.4) is 0 Å². The summed E-state index contributed by atoms with van der Waals surface area (Å²) in [5, 5.41) is 33.6. The molecule has 6 aromatic rings. The molecule has 3 N–H and O–H groups in total. The number of aromatic hydroxyl groups is 3. The van der Waals surface area contributed by atoms with E-state index in [0.717, 1.165) is 115 Å². The molecule has 0 aliphatic rings. The van der Waals surface area contributed by atoms with Crippen LogP contribution >= 0.6 is 46.5 Å². The van der Waals surface area contributed by atoms with E-state index >= 15 is 0 Å². The first-order chi connectivity index (χ1) is 34.5. The highest BCUT2D eigenvalue weighted by Crippen LogP contribution is 2.56. The van der Waals surface area contributed by atoms with Crippen LogP contribution in [-0.2, 0) is 32.5 Å². The summed E-state index contributed by atoms with van der Waals surface area (Å²) < 4.78 is 22.1. The largest absolute Gasteiger partial charge is 0.530 e. The summed E-state index contributed by atoms with van der Waals surface area (Å²) in [6.07, 6.45) is 0. The summed E-state index contributed by atoms with van der Waals surface area (Å²) >= 11 is 16.3. The van der Waals surface area contributed by atoms with Crippen molar-refractivity contribution in [3.05, 3.63) is 121 Å². The Balaban J connectivity index is 1.67. The molecule has 10 heteroatoms. The van der Waals surface area contributed by atoms with Crippen LogP contribution in [0.2, 0.25) is 0 Å². The molecule has 0 spiro atoms. The number of hydrogen-bond donors (Lipinski definition) is 6. The smallest absolute Gasteiger partial charge is 0.508 e. The van der Waals surface area contributed by atoms with Crippen LogP contribution in [-0.4, -0.2) is 15.3 Å². The number of thiol groups is 3. The molecule has 0 amide bonds. The van der Waals surface area contributed by atoms with E-state index in [0.29, 0.717) is 17.2 Å². The summed E-state index contributed by atoms with van der Waals surface area (Å²) in [6, 6.07) is 18.1. The van der Waals surface area contributed by atoms with Crippen LogP contribution in [0.5, 0.6) is 34.5 Å². The fraction of sp³-hybridized carbons (Fsp3) is 0.455. The van der Waals surface area contributed by atoms with Crippen molar-refractivity contribution in [2.45, 2.75) is 213 Å². The summed E-state index contributed by atoms with van der Waals surface area (Å²) in [5.74, 6) is 2.55. The van der Waals surface area contributed by atoms with Gasteiger partial charge in [0.2, 0.25) is 0 Å². The van der Waals surface area contributed by atoms with E-state index in [9.17, 15) is 15.3 Å². The molecule has 410 valence electrons. The second-order valence-corrected chi connectivity index (χ2v) is 29.8. The molecule has 6 aromatic carbocycles. The van der Waals surface area contributed by atoms with Crippen molar-refractivity contribution in [2.24, 2.45) is 0 Å². The first-order valence-electron chi connectivity index (χ1n) is 26.4.